The molecule has 1 aromatic rings. The van der Waals surface area contributed by atoms with Gasteiger partial charge in [-0.1, -0.05) is 0 Å². The van der Waals surface area contributed by atoms with Gasteiger partial charge in [0.1, 0.15) is 18.1 Å². The molecule has 1 heterocycles. The van der Waals surface area contributed by atoms with Crippen LogP contribution in [-0.4, -0.2) is 31.8 Å². The molecule has 0 aliphatic carbocycles. The summed E-state index contributed by atoms with van der Waals surface area (Å²) in [6.07, 6.45) is 3.29. The van der Waals surface area contributed by atoms with Crippen molar-refractivity contribution in [3.8, 4) is 0 Å². The molecule has 4 nitrogen and oxygen atoms in total. The second-order valence-electron chi connectivity index (χ2n) is 4.68. The maximum atomic E-state index is 13.5. The zero-order valence-electron chi connectivity index (χ0n) is 10.9. The second kappa shape index (κ2) is 5.82. The molecule has 0 aromatic heterocycles. The topological polar surface area (TPSA) is 49.4 Å². The normalized spacial score (nSPS) is 19.1. The Morgan fingerprint density at radius 1 is 1.42 bits per heavy atom. The molecule has 1 unspecified atom stereocenters. The first-order valence-electron chi connectivity index (χ1n) is 6.39. The van der Waals surface area contributed by atoms with Crippen molar-refractivity contribution in [1.82, 2.24) is 5.32 Å². The molecule has 0 saturated carbocycles. The number of rotatable bonds is 3. The van der Waals surface area contributed by atoms with Crippen molar-refractivity contribution in [1.29, 1.82) is 0 Å². The van der Waals surface area contributed by atoms with E-state index in [4.69, 9.17) is 0 Å². The first-order chi connectivity index (χ1) is 9.15. The van der Waals surface area contributed by atoms with E-state index in [0.717, 1.165) is 19.3 Å². The minimum absolute atomic E-state index is 0.0726. The molecule has 1 aliphatic rings. The highest BCUT2D eigenvalue weighted by Crippen LogP contribution is 2.26. The SMILES string of the molecule is CNC(=O)C1CCCCN1c1cc(F)cc(C=O)c1. The Balaban J connectivity index is 2.34. The predicted octanol–water partition coefficient (Wildman–Crippen LogP) is 1.74. The lowest BCUT2D eigenvalue weighted by Crippen LogP contribution is -2.48. The summed E-state index contributed by atoms with van der Waals surface area (Å²) in [5.41, 5.74) is 0.881. The zero-order valence-corrected chi connectivity index (χ0v) is 10.9. The van der Waals surface area contributed by atoms with Crippen LogP contribution in [0.3, 0.4) is 0 Å². The fraction of sp³-hybridized carbons (Fsp3) is 0.429. The third-order valence-electron chi connectivity index (χ3n) is 3.42. The van der Waals surface area contributed by atoms with Gasteiger partial charge in [-0.3, -0.25) is 9.59 Å². The van der Waals surface area contributed by atoms with E-state index >= 15 is 0 Å². The number of amides is 1. The highest BCUT2D eigenvalue weighted by molar-refractivity contribution is 5.86. The number of nitrogens with zero attached hydrogens (tertiary/aromatic N) is 1. The standard InChI is InChI=1S/C14H17FN2O2/c1-16-14(19)13-4-2-3-5-17(13)12-7-10(9-18)6-11(15)8-12/h6-9,13H,2-5H2,1H3,(H,16,19). The van der Waals surface area contributed by atoms with Crippen LogP contribution in [0.5, 0.6) is 0 Å². The lowest BCUT2D eigenvalue weighted by molar-refractivity contribution is -0.122. The summed E-state index contributed by atoms with van der Waals surface area (Å²) in [4.78, 5) is 24.5. The van der Waals surface area contributed by atoms with Crippen LogP contribution in [0.2, 0.25) is 0 Å². The number of hydrogen-bond acceptors (Lipinski definition) is 3. The van der Waals surface area contributed by atoms with Crippen molar-refractivity contribution in [3.63, 3.8) is 0 Å². The smallest absolute Gasteiger partial charge is 0.242 e. The summed E-state index contributed by atoms with van der Waals surface area (Å²) in [6.45, 7) is 0.694. The van der Waals surface area contributed by atoms with E-state index in [1.165, 1.54) is 12.1 Å². The molecule has 5 heteroatoms. The molecule has 1 amide bonds. The maximum Gasteiger partial charge on any atom is 0.242 e. The Hall–Kier alpha value is -1.91. The van der Waals surface area contributed by atoms with Crippen LogP contribution in [0.25, 0.3) is 0 Å². The summed E-state index contributed by atoms with van der Waals surface area (Å²) in [5, 5.41) is 2.63. The van der Waals surface area contributed by atoms with Gasteiger partial charge in [0.25, 0.3) is 0 Å². The minimum atomic E-state index is -0.458. The van der Waals surface area contributed by atoms with Crippen LogP contribution >= 0.6 is 0 Å². The number of halogens is 1. The second-order valence-corrected chi connectivity index (χ2v) is 4.68. The lowest BCUT2D eigenvalue weighted by Gasteiger charge is -2.36. The average Bonchev–Trinajstić information content (AvgIpc) is 2.45. The van der Waals surface area contributed by atoms with Crippen molar-refractivity contribution >= 4 is 17.9 Å². The van der Waals surface area contributed by atoms with Crippen LogP contribution < -0.4 is 10.2 Å². The van der Waals surface area contributed by atoms with Crippen LogP contribution in [0, 0.1) is 5.82 Å². The Morgan fingerprint density at radius 3 is 2.89 bits per heavy atom. The number of nitrogens with one attached hydrogen (secondary N) is 1. The van der Waals surface area contributed by atoms with Gasteiger partial charge in [0, 0.05) is 24.8 Å². The molecule has 1 aromatic carbocycles. The summed E-state index contributed by atoms with van der Waals surface area (Å²) in [7, 11) is 1.59. The fourth-order valence-electron chi connectivity index (χ4n) is 2.51. The number of carbonyl (C=O) groups excluding carboxylic acids is 2. The van der Waals surface area contributed by atoms with E-state index in [1.807, 2.05) is 4.90 Å². The molecule has 1 fully saturated rings. The average molecular weight is 264 g/mol. The minimum Gasteiger partial charge on any atom is -0.359 e. The largest absolute Gasteiger partial charge is 0.359 e. The van der Waals surface area contributed by atoms with Gasteiger partial charge in [-0.05, 0) is 37.5 Å². The molecule has 102 valence electrons. The van der Waals surface area contributed by atoms with Gasteiger partial charge in [-0.2, -0.15) is 0 Å². The number of piperidine rings is 1. The van der Waals surface area contributed by atoms with Crippen LogP contribution in [0.15, 0.2) is 18.2 Å². The maximum absolute atomic E-state index is 13.5. The summed E-state index contributed by atoms with van der Waals surface area (Å²) in [5.74, 6) is -0.530. The van der Waals surface area contributed by atoms with Crippen molar-refractivity contribution in [2.24, 2.45) is 0 Å². The molecule has 1 N–H and O–H groups in total. The van der Waals surface area contributed by atoms with Crippen LogP contribution in [0.1, 0.15) is 29.6 Å². The molecule has 1 saturated heterocycles. The van der Waals surface area contributed by atoms with Gasteiger partial charge in [0.2, 0.25) is 5.91 Å². The molecule has 0 spiro atoms. The fourth-order valence-corrected chi connectivity index (χ4v) is 2.51. The molecule has 0 radical (unpaired) electrons. The van der Waals surface area contributed by atoms with Gasteiger partial charge in [-0.15, -0.1) is 0 Å². The number of likely N-dealkylation sites (N-methyl/N-ethyl adjacent to an activating group) is 1. The Labute approximate surface area is 111 Å². The number of hydrogen-bond donors (Lipinski definition) is 1. The number of anilines is 1. The van der Waals surface area contributed by atoms with E-state index in [0.29, 0.717) is 18.5 Å². The monoisotopic (exact) mass is 264 g/mol. The van der Waals surface area contributed by atoms with Gasteiger partial charge in [0.15, 0.2) is 0 Å². The summed E-state index contributed by atoms with van der Waals surface area (Å²) < 4.78 is 13.5. The van der Waals surface area contributed by atoms with Crippen molar-refractivity contribution in [3.05, 3.63) is 29.6 Å². The highest BCUT2D eigenvalue weighted by atomic mass is 19.1. The van der Waals surface area contributed by atoms with E-state index in [-0.39, 0.29) is 17.5 Å². The van der Waals surface area contributed by atoms with Crippen molar-refractivity contribution in [2.75, 3.05) is 18.5 Å². The quantitative estimate of drug-likeness (QED) is 0.846. The van der Waals surface area contributed by atoms with E-state index < -0.39 is 5.82 Å². The Bertz CT molecular complexity index is 490. The van der Waals surface area contributed by atoms with Gasteiger partial charge >= 0.3 is 0 Å². The van der Waals surface area contributed by atoms with Gasteiger partial charge in [0.05, 0.1) is 0 Å². The van der Waals surface area contributed by atoms with Crippen molar-refractivity contribution < 1.29 is 14.0 Å². The first-order valence-corrected chi connectivity index (χ1v) is 6.39. The zero-order chi connectivity index (χ0) is 13.8. The van der Waals surface area contributed by atoms with Crippen LogP contribution in [-0.2, 0) is 4.79 Å². The third kappa shape index (κ3) is 2.92. The molecule has 0 bridgehead atoms. The molecule has 19 heavy (non-hydrogen) atoms. The van der Waals surface area contributed by atoms with E-state index in [9.17, 15) is 14.0 Å². The lowest BCUT2D eigenvalue weighted by atomic mass is 10.00. The van der Waals surface area contributed by atoms with Crippen LogP contribution in [0.4, 0.5) is 10.1 Å². The highest BCUT2D eigenvalue weighted by Gasteiger charge is 2.28. The van der Waals surface area contributed by atoms with E-state index in [1.54, 1.807) is 13.1 Å². The predicted molar refractivity (Wildman–Crippen MR) is 70.8 cm³/mol. The summed E-state index contributed by atoms with van der Waals surface area (Å²) >= 11 is 0. The first kappa shape index (κ1) is 13.5. The molecular weight excluding hydrogens is 247 g/mol. The number of carbonyl (C=O) groups is 2. The molecule has 1 aliphatic heterocycles. The summed E-state index contributed by atoms with van der Waals surface area (Å²) in [6, 6.07) is 3.89. The third-order valence-corrected chi connectivity index (χ3v) is 3.42. The van der Waals surface area contributed by atoms with E-state index in [2.05, 4.69) is 5.32 Å². The Kier molecular flexibility index (Phi) is 4.14. The number of benzene rings is 1. The molecule has 1 atom stereocenters. The van der Waals surface area contributed by atoms with Gasteiger partial charge < -0.3 is 10.2 Å². The molecular formula is C14H17FN2O2. The van der Waals surface area contributed by atoms with Crippen molar-refractivity contribution in [2.45, 2.75) is 25.3 Å². The Morgan fingerprint density at radius 2 is 2.21 bits per heavy atom. The number of aldehydes is 1. The van der Waals surface area contributed by atoms with Gasteiger partial charge in [-0.25, -0.2) is 4.39 Å². The molecule has 2 rings (SSSR count).